The number of nitrogen functional groups attached to an aromatic ring is 1. The van der Waals surface area contributed by atoms with E-state index in [9.17, 15) is 9.90 Å². The van der Waals surface area contributed by atoms with Crippen LogP contribution in [0.25, 0.3) is 17.4 Å². The van der Waals surface area contributed by atoms with Crippen molar-refractivity contribution in [3.63, 3.8) is 0 Å². The van der Waals surface area contributed by atoms with Crippen LogP contribution in [0.2, 0.25) is 0 Å². The lowest BCUT2D eigenvalue weighted by molar-refractivity contribution is 0.0696. The number of aromatic nitrogens is 5. The van der Waals surface area contributed by atoms with Gasteiger partial charge in [0.15, 0.2) is 5.76 Å². The Hall–Kier alpha value is -3.99. The van der Waals surface area contributed by atoms with Crippen molar-refractivity contribution >= 4 is 23.6 Å². The third-order valence-corrected chi connectivity index (χ3v) is 7.47. The molecule has 2 aliphatic heterocycles. The number of nitrogens with two attached hydrogens (primary N) is 1. The number of hydrogen-bond acceptors (Lipinski definition) is 9. The van der Waals surface area contributed by atoms with Crippen LogP contribution in [0.15, 0.2) is 47.1 Å². The third-order valence-electron chi connectivity index (χ3n) is 7.47. The van der Waals surface area contributed by atoms with Gasteiger partial charge in [-0.15, -0.1) is 5.10 Å². The van der Waals surface area contributed by atoms with E-state index in [0.717, 1.165) is 57.5 Å². The van der Waals surface area contributed by atoms with Gasteiger partial charge in [-0.05, 0) is 80.4 Å². The van der Waals surface area contributed by atoms with Crippen LogP contribution in [-0.4, -0.2) is 73.3 Å². The van der Waals surface area contributed by atoms with E-state index in [4.69, 9.17) is 10.2 Å². The number of piperidine rings is 2. The first kappa shape index (κ1) is 23.4. The summed E-state index contributed by atoms with van der Waals surface area (Å²) < 4.78 is 6.85. The molecule has 0 unspecified atom stereocenters. The lowest BCUT2D eigenvalue weighted by Gasteiger charge is -2.38. The Morgan fingerprint density at radius 1 is 1.08 bits per heavy atom. The van der Waals surface area contributed by atoms with Gasteiger partial charge in [0.1, 0.15) is 0 Å². The maximum Gasteiger partial charge on any atom is 0.335 e. The average Bonchev–Trinajstić information content (AvgIpc) is 3.60. The Kier molecular flexibility index (Phi) is 6.21. The molecular weight excluding hydrogens is 472 g/mol. The predicted molar refractivity (Wildman–Crippen MR) is 137 cm³/mol. The second-order valence-electron chi connectivity index (χ2n) is 9.97. The lowest BCUT2D eigenvalue weighted by Crippen LogP contribution is -2.43. The minimum absolute atomic E-state index is 0.251. The molecule has 0 bridgehead atoms. The molecule has 11 nitrogen and oxygen atoms in total. The molecule has 2 fully saturated rings. The Morgan fingerprint density at radius 3 is 2.73 bits per heavy atom. The van der Waals surface area contributed by atoms with Crippen LogP contribution >= 0.6 is 0 Å². The number of furan rings is 1. The van der Waals surface area contributed by atoms with E-state index in [2.05, 4.69) is 35.9 Å². The SMILES string of the molecule is Nc1nc(N2CCC[C@@H](CN3CCC(c4cccc(C(=O)O)c4)CC3)C2)nc2nc(-c3ccco3)nn12. The van der Waals surface area contributed by atoms with Crippen molar-refractivity contribution in [3.8, 4) is 11.6 Å². The lowest BCUT2D eigenvalue weighted by atomic mass is 9.88. The quantitative estimate of drug-likeness (QED) is 0.404. The van der Waals surface area contributed by atoms with E-state index in [1.165, 1.54) is 10.9 Å². The smallest absolute Gasteiger partial charge is 0.335 e. The van der Waals surface area contributed by atoms with Crippen LogP contribution in [0.5, 0.6) is 0 Å². The Morgan fingerprint density at radius 2 is 1.95 bits per heavy atom. The highest BCUT2D eigenvalue weighted by Crippen LogP contribution is 2.30. The van der Waals surface area contributed by atoms with Gasteiger partial charge in [0.05, 0.1) is 11.8 Å². The summed E-state index contributed by atoms with van der Waals surface area (Å²) in [6.07, 6.45) is 5.90. The molecule has 0 aliphatic carbocycles. The number of nitrogens with zero attached hydrogens (tertiary/aromatic N) is 7. The van der Waals surface area contributed by atoms with E-state index in [0.29, 0.717) is 40.7 Å². The molecule has 37 heavy (non-hydrogen) atoms. The number of carboxylic acid groups (broad SMARTS) is 1. The number of hydrogen-bond donors (Lipinski definition) is 2. The standard InChI is InChI=1S/C26H30N8O3/c27-24-29-25(30-26-28-22(31-34(24)26)21-7-3-13-37-21)33-10-2-4-17(16-33)15-32-11-8-18(9-12-32)19-5-1-6-20(14-19)23(35)36/h1,3,5-7,13-14,17-18H,2,4,8-12,15-16H2,(H,35,36)(H2,27,28,29,30,31)/t17-/m0/s1. The molecule has 4 aromatic rings. The molecule has 3 N–H and O–H groups in total. The average molecular weight is 503 g/mol. The number of carbonyl (C=O) groups is 1. The molecule has 0 spiro atoms. The fourth-order valence-electron chi connectivity index (χ4n) is 5.58. The second-order valence-corrected chi connectivity index (χ2v) is 9.97. The first-order valence-electron chi connectivity index (χ1n) is 12.8. The number of rotatable bonds is 6. The van der Waals surface area contributed by atoms with Gasteiger partial charge in [0.2, 0.25) is 17.7 Å². The van der Waals surface area contributed by atoms with Gasteiger partial charge in [-0.25, -0.2) is 4.79 Å². The number of aromatic carboxylic acids is 1. The summed E-state index contributed by atoms with van der Waals surface area (Å²) in [4.78, 5) is 29.8. The van der Waals surface area contributed by atoms with E-state index in [1.54, 1.807) is 24.5 Å². The van der Waals surface area contributed by atoms with Crippen molar-refractivity contribution in [1.82, 2.24) is 29.5 Å². The number of anilines is 2. The van der Waals surface area contributed by atoms with Crippen LogP contribution in [0.3, 0.4) is 0 Å². The van der Waals surface area contributed by atoms with E-state index in [-0.39, 0.29) is 5.95 Å². The zero-order chi connectivity index (χ0) is 25.4. The maximum atomic E-state index is 11.3. The monoisotopic (exact) mass is 502 g/mol. The van der Waals surface area contributed by atoms with E-state index < -0.39 is 5.97 Å². The summed E-state index contributed by atoms with van der Waals surface area (Å²) >= 11 is 0. The maximum absolute atomic E-state index is 11.3. The summed E-state index contributed by atoms with van der Waals surface area (Å²) in [6.45, 7) is 4.82. The normalized spacial score (nSPS) is 19.5. The molecule has 0 saturated carbocycles. The number of benzene rings is 1. The minimum Gasteiger partial charge on any atom is -0.478 e. The van der Waals surface area contributed by atoms with Gasteiger partial charge in [0.25, 0.3) is 5.78 Å². The van der Waals surface area contributed by atoms with Crippen molar-refractivity contribution in [1.29, 1.82) is 0 Å². The van der Waals surface area contributed by atoms with Crippen LogP contribution in [0.1, 0.15) is 47.5 Å². The highest BCUT2D eigenvalue weighted by atomic mass is 16.4. The van der Waals surface area contributed by atoms with Crippen molar-refractivity contribution in [2.45, 2.75) is 31.6 Å². The number of fused-ring (bicyclic) bond motifs is 1. The highest BCUT2D eigenvalue weighted by molar-refractivity contribution is 5.87. The van der Waals surface area contributed by atoms with Gasteiger partial charge >= 0.3 is 5.97 Å². The van der Waals surface area contributed by atoms with Crippen LogP contribution in [0.4, 0.5) is 11.9 Å². The van der Waals surface area contributed by atoms with E-state index >= 15 is 0 Å². The minimum atomic E-state index is -0.868. The molecule has 6 rings (SSSR count). The molecule has 1 aromatic carbocycles. The molecule has 0 amide bonds. The predicted octanol–water partition coefficient (Wildman–Crippen LogP) is 3.16. The zero-order valence-electron chi connectivity index (χ0n) is 20.5. The molecule has 2 saturated heterocycles. The Labute approximate surface area is 213 Å². The summed E-state index contributed by atoms with van der Waals surface area (Å²) in [5.41, 5.74) is 7.72. The van der Waals surface area contributed by atoms with Crippen LogP contribution < -0.4 is 10.6 Å². The number of likely N-dealkylation sites (tertiary alicyclic amines) is 1. The van der Waals surface area contributed by atoms with Gasteiger partial charge < -0.3 is 25.1 Å². The molecular formula is C26H30N8O3. The highest BCUT2D eigenvalue weighted by Gasteiger charge is 2.28. The van der Waals surface area contributed by atoms with Gasteiger partial charge in [-0.2, -0.15) is 19.5 Å². The molecule has 2 aliphatic rings. The summed E-state index contributed by atoms with van der Waals surface area (Å²) in [7, 11) is 0. The second kappa shape index (κ2) is 9.81. The fraction of sp³-hybridized carbons (Fsp3) is 0.423. The van der Waals surface area contributed by atoms with Gasteiger partial charge in [-0.1, -0.05) is 12.1 Å². The first-order valence-corrected chi connectivity index (χ1v) is 12.8. The molecule has 3 aromatic heterocycles. The van der Waals surface area contributed by atoms with Gasteiger partial charge in [0, 0.05) is 19.6 Å². The Bertz CT molecular complexity index is 1390. The van der Waals surface area contributed by atoms with E-state index in [1.807, 2.05) is 12.1 Å². The van der Waals surface area contributed by atoms with Crippen LogP contribution in [-0.2, 0) is 0 Å². The van der Waals surface area contributed by atoms with Crippen LogP contribution in [0, 0.1) is 5.92 Å². The molecule has 192 valence electrons. The van der Waals surface area contributed by atoms with Crippen molar-refractivity contribution < 1.29 is 14.3 Å². The van der Waals surface area contributed by atoms with Crippen molar-refractivity contribution in [2.24, 2.45) is 5.92 Å². The largest absolute Gasteiger partial charge is 0.478 e. The van der Waals surface area contributed by atoms with Gasteiger partial charge in [-0.3, -0.25) is 0 Å². The van der Waals surface area contributed by atoms with Crippen molar-refractivity contribution in [3.05, 3.63) is 53.8 Å². The van der Waals surface area contributed by atoms with Crippen molar-refractivity contribution in [2.75, 3.05) is 43.4 Å². The topological polar surface area (TPSA) is 139 Å². The summed E-state index contributed by atoms with van der Waals surface area (Å²) in [6, 6.07) is 11.0. The summed E-state index contributed by atoms with van der Waals surface area (Å²) in [5, 5.41) is 13.7. The zero-order valence-corrected chi connectivity index (χ0v) is 20.5. The molecule has 5 heterocycles. The summed E-state index contributed by atoms with van der Waals surface area (Å²) in [5.74, 6) is 2.29. The molecule has 11 heteroatoms. The number of carboxylic acids is 1. The molecule has 0 radical (unpaired) electrons. The first-order chi connectivity index (χ1) is 18.0. The Balaban J connectivity index is 1.09. The third kappa shape index (κ3) is 4.86. The fourth-order valence-corrected chi connectivity index (χ4v) is 5.58. The molecule has 1 atom stereocenters.